The van der Waals surface area contributed by atoms with Crippen molar-refractivity contribution >= 4 is 17.5 Å². The number of para-hydroxylation sites is 1. The van der Waals surface area contributed by atoms with Gasteiger partial charge in [0.15, 0.2) is 0 Å². The number of carbonyl (C=O) groups is 2. The van der Waals surface area contributed by atoms with E-state index in [4.69, 9.17) is 0 Å². The molecule has 1 unspecified atom stereocenters. The van der Waals surface area contributed by atoms with Crippen LogP contribution in [-0.2, 0) is 9.59 Å². The summed E-state index contributed by atoms with van der Waals surface area (Å²) in [5.41, 5.74) is 5.07. The summed E-state index contributed by atoms with van der Waals surface area (Å²) in [6.07, 6.45) is 0. The molecule has 2 N–H and O–H groups in total. The van der Waals surface area contributed by atoms with Gasteiger partial charge in [0, 0.05) is 31.9 Å². The minimum absolute atomic E-state index is 0.238. The van der Waals surface area contributed by atoms with Crippen molar-refractivity contribution in [3.63, 3.8) is 0 Å². The van der Waals surface area contributed by atoms with E-state index >= 15 is 0 Å². The van der Waals surface area contributed by atoms with Gasteiger partial charge in [0.1, 0.15) is 6.04 Å². The summed E-state index contributed by atoms with van der Waals surface area (Å²) in [5, 5.41) is 12.8. The van der Waals surface area contributed by atoms with Gasteiger partial charge in [-0.25, -0.2) is 0 Å². The Bertz CT molecular complexity index is 1110. The number of nitrogens with one attached hydrogen (secondary N) is 1. The van der Waals surface area contributed by atoms with Crippen LogP contribution in [0.1, 0.15) is 17.0 Å². The highest BCUT2D eigenvalue weighted by Crippen LogP contribution is 2.44. The zero-order valence-corrected chi connectivity index (χ0v) is 18.4. The predicted molar refractivity (Wildman–Crippen MR) is 128 cm³/mol. The monoisotopic (exact) mass is 441 g/mol. The zero-order chi connectivity index (χ0) is 22.8. The van der Waals surface area contributed by atoms with Crippen molar-refractivity contribution in [1.82, 2.24) is 10.2 Å². The van der Waals surface area contributed by atoms with Gasteiger partial charge in [-0.15, -0.1) is 0 Å². The maximum absolute atomic E-state index is 13.4. The maximum atomic E-state index is 13.4. The Morgan fingerprint density at radius 3 is 1.94 bits per heavy atom. The summed E-state index contributed by atoms with van der Waals surface area (Å²) in [4.78, 5) is 30.5. The lowest BCUT2D eigenvalue weighted by Gasteiger charge is -2.37. The molecule has 1 atom stereocenters. The second-order valence-corrected chi connectivity index (χ2v) is 8.50. The van der Waals surface area contributed by atoms with E-state index in [1.54, 1.807) is 4.90 Å². The Balaban J connectivity index is 1.28. The van der Waals surface area contributed by atoms with Crippen LogP contribution in [0.3, 0.4) is 0 Å². The van der Waals surface area contributed by atoms with Gasteiger partial charge in [0.2, 0.25) is 11.8 Å². The highest BCUT2D eigenvalue weighted by atomic mass is 16.3. The van der Waals surface area contributed by atoms with Crippen LogP contribution in [-0.4, -0.2) is 60.6 Å². The zero-order valence-electron chi connectivity index (χ0n) is 18.4. The SMILES string of the molecule is O=C(NC(CO)C(=O)N1CCN(c2ccccc2)CC1)C1c2ccccc2-c2ccccc21. The van der Waals surface area contributed by atoms with Crippen LogP contribution in [0.5, 0.6) is 0 Å². The van der Waals surface area contributed by atoms with Gasteiger partial charge >= 0.3 is 0 Å². The van der Waals surface area contributed by atoms with Crippen molar-refractivity contribution < 1.29 is 14.7 Å². The van der Waals surface area contributed by atoms with Gasteiger partial charge in [-0.2, -0.15) is 0 Å². The molecule has 0 saturated carbocycles. The van der Waals surface area contributed by atoms with Gasteiger partial charge < -0.3 is 20.2 Å². The molecule has 2 aliphatic rings. The first kappa shape index (κ1) is 21.2. The smallest absolute Gasteiger partial charge is 0.247 e. The molecule has 6 nitrogen and oxygen atoms in total. The molecule has 3 aromatic carbocycles. The summed E-state index contributed by atoms with van der Waals surface area (Å²) in [7, 11) is 0. The number of aliphatic hydroxyl groups is 1. The van der Waals surface area contributed by atoms with E-state index in [-0.39, 0.29) is 11.8 Å². The van der Waals surface area contributed by atoms with Crippen molar-refractivity contribution in [3.05, 3.63) is 90.0 Å². The average molecular weight is 442 g/mol. The molecule has 3 aromatic rings. The highest BCUT2D eigenvalue weighted by Gasteiger charge is 2.36. The number of carbonyl (C=O) groups excluding carboxylic acids is 2. The van der Waals surface area contributed by atoms with Crippen molar-refractivity contribution in [2.45, 2.75) is 12.0 Å². The molecule has 0 radical (unpaired) electrons. The minimum atomic E-state index is -0.958. The third kappa shape index (κ3) is 3.98. The predicted octanol–water partition coefficient (Wildman–Crippen LogP) is 2.62. The Labute approximate surface area is 193 Å². The van der Waals surface area contributed by atoms with Crippen LogP contribution in [0.2, 0.25) is 0 Å². The number of aliphatic hydroxyl groups excluding tert-OH is 1. The second-order valence-electron chi connectivity index (χ2n) is 8.50. The first-order valence-corrected chi connectivity index (χ1v) is 11.4. The van der Waals surface area contributed by atoms with Crippen LogP contribution >= 0.6 is 0 Å². The van der Waals surface area contributed by atoms with E-state index < -0.39 is 18.6 Å². The van der Waals surface area contributed by atoms with Crippen LogP contribution < -0.4 is 10.2 Å². The van der Waals surface area contributed by atoms with Gasteiger partial charge in [0.05, 0.1) is 12.5 Å². The van der Waals surface area contributed by atoms with Crippen LogP contribution in [0.15, 0.2) is 78.9 Å². The number of rotatable bonds is 5. The van der Waals surface area contributed by atoms with Crippen LogP contribution in [0.25, 0.3) is 11.1 Å². The van der Waals surface area contributed by atoms with E-state index in [1.165, 1.54) is 0 Å². The lowest BCUT2D eigenvalue weighted by Crippen LogP contribution is -2.56. The molecule has 1 aliphatic carbocycles. The lowest BCUT2D eigenvalue weighted by atomic mass is 9.95. The van der Waals surface area contributed by atoms with Gasteiger partial charge in [0.25, 0.3) is 0 Å². The average Bonchev–Trinajstić information content (AvgIpc) is 3.22. The number of amides is 2. The fourth-order valence-electron chi connectivity index (χ4n) is 4.92. The second kappa shape index (κ2) is 9.08. The van der Waals surface area contributed by atoms with Crippen molar-refractivity contribution in [3.8, 4) is 11.1 Å². The fourth-order valence-corrected chi connectivity index (χ4v) is 4.92. The van der Waals surface area contributed by atoms with Gasteiger partial charge in [-0.05, 0) is 34.4 Å². The molecule has 0 spiro atoms. The molecule has 1 fully saturated rings. The van der Waals surface area contributed by atoms with Crippen LogP contribution in [0.4, 0.5) is 5.69 Å². The van der Waals surface area contributed by atoms with Crippen LogP contribution in [0, 0.1) is 0 Å². The summed E-state index contributed by atoms with van der Waals surface area (Å²) in [6, 6.07) is 24.9. The molecule has 33 heavy (non-hydrogen) atoms. The van der Waals surface area contributed by atoms with E-state index in [0.29, 0.717) is 26.2 Å². The molecular weight excluding hydrogens is 414 g/mol. The Hall–Kier alpha value is -3.64. The van der Waals surface area contributed by atoms with E-state index in [1.807, 2.05) is 66.7 Å². The topological polar surface area (TPSA) is 72.9 Å². The van der Waals surface area contributed by atoms with E-state index in [0.717, 1.165) is 27.9 Å². The third-order valence-electron chi connectivity index (χ3n) is 6.61. The number of hydrogen-bond donors (Lipinski definition) is 2. The molecule has 168 valence electrons. The first-order valence-electron chi connectivity index (χ1n) is 11.4. The summed E-state index contributed by atoms with van der Waals surface area (Å²) < 4.78 is 0. The highest BCUT2D eigenvalue weighted by molar-refractivity contribution is 5.98. The summed E-state index contributed by atoms with van der Waals surface area (Å²) in [6.45, 7) is 2.10. The quantitative estimate of drug-likeness (QED) is 0.639. The number of benzene rings is 3. The third-order valence-corrected chi connectivity index (χ3v) is 6.61. The molecule has 1 aliphatic heterocycles. The molecule has 1 saturated heterocycles. The number of nitrogens with zero attached hydrogens (tertiary/aromatic N) is 2. The maximum Gasteiger partial charge on any atom is 0.247 e. The molecule has 6 heteroatoms. The number of anilines is 1. The molecule has 0 bridgehead atoms. The number of hydrogen-bond acceptors (Lipinski definition) is 4. The normalized spacial score (nSPS) is 16.2. The lowest BCUT2D eigenvalue weighted by molar-refractivity contribution is -0.138. The Kier molecular flexibility index (Phi) is 5.84. The number of fused-ring (bicyclic) bond motifs is 3. The van der Waals surface area contributed by atoms with Crippen molar-refractivity contribution in [2.24, 2.45) is 0 Å². The molecular formula is C27H27N3O3. The Morgan fingerprint density at radius 1 is 0.818 bits per heavy atom. The van der Waals surface area contributed by atoms with E-state index in [9.17, 15) is 14.7 Å². The molecule has 2 amide bonds. The van der Waals surface area contributed by atoms with Crippen molar-refractivity contribution in [2.75, 3.05) is 37.7 Å². The van der Waals surface area contributed by atoms with Crippen molar-refractivity contribution in [1.29, 1.82) is 0 Å². The largest absolute Gasteiger partial charge is 0.394 e. The minimum Gasteiger partial charge on any atom is -0.394 e. The van der Waals surface area contributed by atoms with Gasteiger partial charge in [-0.1, -0.05) is 66.7 Å². The molecule has 0 aromatic heterocycles. The summed E-state index contributed by atoms with van der Waals surface area (Å²) in [5.74, 6) is -0.991. The van der Waals surface area contributed by atoms with E-state index in [2.05, 4.69) is 22.3 Å². The molecule has 5 rings (SSSR count). The Morgan fingerprint density at radius 2 is 1.36 bits per heavy atom. The standard InChI is InChI=1S/C27H27N3O3/c31-18-24(27(33)30-16-14-29(15-17-30)19-8-2-1-3-9-19)28-26(32)25-22-12-6-4-10-20(22)21-11-5-7-13-23(21)25/h1-13,24-25,31H,14-18H2,(H,28,32). The fraction of sp³-hybridized carbons (Fsp3) is 0.259. The van der Waals surface area contributed by atoms with Gasteiger partial charge in [-0.3, -0.25) is 9.59 Å². The summed E-state index contributed by atoms with van der Waals surface area (Å²) >= 11 is 0. The number of piperazine rings is 1. The molecule has 1 heterocycles. The first-order chi connectivity index (χ1) is 16.2.